The van der Waals surface area contributed by atoms with E-state index in [1.165, 1.54) is 14.0 Å². The van der Waals surface area contributed by atoms with Crippen molar-refractivity contribution < 1.29 is 14.3 Å². The van der Waals surface area contributed by atoms with Crippen molar-refractivity contribution in [3.05, 3.63) is 54.1 Å². The zero-order chi connectivity index (χ0) is 17.5. The van der Waals surface area contributed by atoms with Crippen LogP contribution in [0.3, 0.4) is 0 Å². The quantitative estimate of drug-likeness (QED) is 0.849. The Morgan fingerprint density at radius 3 is 2.42 bits per heavy atom. The standard InChI is InChI=1S/C19H22N2O3/c1-13(15-7-5-4-6-8-15)11-19(23)21-17-12-16(20-14(2)22)9-10-18(17)24-3/h4-10,12-13H,11H2,1-3H3,(H,20,22)(H,21,23). The molecule has 0 aromatic heterocycles. The Bertz CT molecular complexity index is 714. The SMILES string of the molecule is COc1ccc(NC(C)=O)cc1NC(=O)CC(C)c1ccccc1. The van der Waals surface area contributed by atoms with Gasteiger partial charge in [0.25, 0.3) is 0 Å². The average molecular weight is 326 g/mol. The van der Waals surface area contributed by atoms with E-state index in [2.05, 4.69) is 10.6 Å². The number of nitrogens with one attached hydrogen (secondary N) is 2. The Morgan fingerprint density at radius 2 is 1.79 bits per heavy atom. The maximum atomic E-state index is 12.3. The van der Waals surface area contributed by atoms with E-state index in [0.717, 1.165) is 5.56 Å². The summed E-state index contributed by atoms with van der Waals surface area (Å²) in [6.07, 6.45) is 0.359. The van der Waals surface area contributed by atoms with E-state index >= 15 is 0 Å². The van der Waals surface area contributed by atoms with Crippen LogP contribution in [-0.2, 0) is 9.59 Å². The number of methoxy groups -OCH3 is 1. The minimum atomic E-state index is -0.171. The van der Waals surface area contributed by atoms with Gasteiger partial charge in [0.05, 0.1) is 12.8 Å². The first-order valence-electron chi connectivity index (χ1n) is 7.80. The summed E-state index contributed by atoms with van der Waals surface area (Å²) in [6.45, 7) is 3.45. The molecule has 0 fully saturated rings. The van der Waals surface area contributed by atoms with Gasteiger partial charge in [-0.05, 0) is 29.7 Å². The second-order valence-corrected chi connectivity index (χ2v) is 5.66. The van der Waals surface area contributed by atoms with Crippen molar-refractivity contribution in [3.63, 3.8) is 0 Å². The van der Waals surface area contributed by atoms with E-state index in [0.29, 0.717) is 23.5 Å². The molecular formula is C19H22N2O3. The Kier molecular flexibility index (Phi) is 5.95. The van der Waals surface area contributed by atoms with Gasteiger partial charge in [-0.1, -0.05) is 37.3 Å². The Labute approximate surface area is 142 Å². The smallest absolute Gasteiger partial charge is 0.225 e. The molecule has 0 aliphatic heterocycles. The predicted octanol–water partition coefficient (Wildman–Crippen LogP) is 3.79. The first kappa shape index (κ1) is 17.5. The molecule has 0 radical (unpaired) electrons. The van der Waals surface area contributed by atoms with Gasteiger partial charge in [0.15, 0.2) is 0 Å². The van der Waals surface area contributed by atoms with E-state index < -0.39 is 0 Å². The minimum absolute atomic E-state index is 0.107. The number of benzene rings is 2. The van der Waals surface area contributed by atoms with Crippen LogP contribution in [0.2, 0.25) is 0 Å². The maximum Gasteiger partial charge on any atom is 0.225 e. The lowest BCUT2D eigenvalue weighted by atomic mass is 9.97. The van der Waals surface area contributed by atoms with Crippen LogP contribution >= 0.6 is 0 Å². The van der Waals surface area contributed by atoms with Crippen molar-refractivity contribution in [2.24, 2.45) is 0 Å². The highest BCUT2D eigenvalue weighted by Crippen LogP contribution is 2.29. The van der Waals surface area contributed by atoms with Gasteiger partial charge in [-0.15, -0.1) is 0 Å². The normalized spacial score (nSPS) is 11.5. The number of ether oxygens (including phenoxy) is 1. The number of hydrogen-bond acceptors (Lipinski definition) is 3. The lowest BCUT2D eigenvalue weighted by Crippen LogP contribution is -2.15. The topological polar surface area (TPSA) is 67.4 Å². The van der Waals surface area contributed by atoms with Crippen LogP contribution in [0.15, 0.2) is 48.5 Å². The van der Waals surface area contributed by atoms with E-state index in [9.17, 15) is 9.59 Å². The zero-order valence-corrected chi connectivity index (χ0v) is 14.1. The summed E-state index contributed by atoms with van der Waals surface area (Å²) in [6, 6.07) is 15.0. The van der Waals surface area contributed by atoms with E-state index in [4.69, 9.17) is 4.74 Å². The van der Waals surface area contributed by atoms with Crippen LogP contribution in [0.4, 0.5) is 11.4 Å². The molecule has 126 valence electrons. The molecular weight excluding hydrogens is 304 g/mol. The van der Waals surface area contributed by atoms with Gasteiger partial charge in [0.2, 0.25) is 11.8 Å². The van der Waals surface area contributed by atoms with Gasteiger partial charge < -0.3 is 15.4 Å². The van der Waals surface area contributed by atoms with E-state index in [1.807, 2.05) is 37.3 Å². The van der Waals surface area contributed by atoms with Crippen molar-refractivity contribution in [2.45, 2.75) is 26.2 Å². The summed E-state index contributed by atoms with van der Waals surface area (Å²) >= 11 is 0. The third-order valence-corrected chi connectivity index (χ3v) is 3.65. The molecule has 2 aromatic rings. The molecule has 1 atom stereocenters. The summed E-state index contributed by atoms with van der Waals surface area (Å²) in [7, 11) is 1.54. The number of hydrogen-bond donors (Lipinski definition) is 2. The molecule has 0 bridgehead atoms. The summed E-state index contributed by atoms with van der Waals surface area (Å²) in [5, 5.41) is 5.55. The van der Waals surface area contributed by atoms with Gasteiger partial charge in [-0.3, -0.25) is 9.59 Å². The van der Waals surface area contributed by atoms with E-state index in [-0.39, 0.29) is 17.7 Å². The number of anilines is 2. The summed E-state index contributed by atoms with van der Waals surface area (Å²) < 4.78 is 5.27. The van der Waals surface area contributed by atoms with Crippen LogP contribution in [0, 0.1) is 0 Å². The molecule has 1 unspecified atom stereocenters. The van der Waals surface area contributed by atoms with Crippen molar-refractivity contribution in [1.82, 2.24) is 0 Å². The van der Waals surface area contributed by atoms with Gasteiger partial charge >= 0.3 is 0 Å². The molecule has 2 amide bonds. The van der Waals surface area contributed by atoms with Gasteiger partial charge in [0.1, 0.15) is 5.75 Å². The third kappa shape index (κ3) is 4.84. The lowest BCUT2D eigenvalue weighted by Gasteiger charge is -2.15. The maximum absolute atomic E-state index is 12.3. The van der Waals surface area contributed by atoms with Gasteiger partial charge in [0, 0.05) is 19.0 Å². The molecule has 5 heteroatoms. The minimum Gasteiger partial charge on any atom is -0.495 e. The van der Waals surface area contributed by atoms with Crippen LogP contribution in [0.25, 0.3) is 0 Å². The molecule has 2 rings (SSSR count). The van der Waals surface area contributed by atoms with Crippen molar-refractivity contribution in [1.29, 1.82) is 0 Å². The highest BCUT2D eigenvalue weighted by atomic mass is 16.5. The first-order chi connectivity index (χ1) is 11.5. The largest absolute Gasteiger partial charge is 0.495 e. The summed E-state index contributed by atoms with van der Waals surface area (Å²) in [4.78, 5) is 23.5. The average Bonchev–Trinajstić information content (AvgIpc) is 2.55. The number of carbonyl (C=O) groups excluding carboxylic acids is 2. The van der Waals surface area contributed by atoms with Crippen LogP contribution < -0.4 is 15.4 Å². The molecule has 2 aromatic carbocycles. The Morgan fingerprint density at radius 1 is 1.08 bits per heavy atom. The highest BCUT2D eigenvalue weighted by Gasteiger charge is 2.14. The molecule has 2 N–H and O–H groups in total. The fourth-order valence-corrected chi connectivity index (χ4v) is 2.47. The molecule has 0 aliphatic rings. The van der Waals surface area contributed by atoms with Gasteiger partial charge in [-0.25, -0.2) is 0 Å². The molecule has 0 saturated heterocycles. The second-order valence-electron chi connectivity index (χ2n) is 5.66. The van der Waals surface area contributed by atoms with Crippen LogP contribution in [0.5, 0.6) is 5.75 Å². The number of amides is 2. The second kappa shape index (κ2) is 8.15. The molecule has 0 heterocycles. The zero-order valence-electron chi connectivity index (χ0n) is 14.1. The number of rotatable bonds is 6. The predicted molar refractivity (Wildman–Crippen MR) is 95.4 cm³/mol. The van der Waals surface area contributed by atoms with Crippen molar-refractivity contribution in [3.8, 4) is 5.75 Å². The molecule has 24 heavy (non-hydrogen) atoms. The molecule has 0 spiro atoms. The third-order valence-electron chi connectivity index (χ3n) is 3.65. The van der Waals surface area contributed by atoms with Gasteiger partial charge in [-0.2, -0.15) is 0 Å². The van der Waals surface area contributed by atoms with Crippen LogP contribution in [-0.4, -0.2) is 18.9 Å². The lowest BCUT2D eigenvalue weighted by molar-refractivity contribution is -0.116. The van der Waals surface area contributed by atoms with E-state index in [1.54, 1.807) is 18.2 Å². The number of carbonyl (C=O) groups is 2. The van der Waals surface area contributed by atoms with Crippen molar-refractivity contribution >= 4 is 23.2 Å². The highest BCUT2D eigenvalue weighted by molar-refractivity contribution is 5.95. The first-order valence-corrected chi connectivity index (χ1v) is 7.80. The van der Waals surface area contributed by atoms with Crippen molar-refractivity contribution in [2.75, 3.05) is 17.7 Å². The Hall–Kier alpha value is -2.82. The van der Waals surface area contributed by atoms with Crippen LogP contribution in [0.1, 0.15) is 31.7 Å². The molecule has 5 nitrogen and oxygen atoms in total. The fourth-order valence-electron chi connectivity index (χ4n) is 2.47. The molecule has 0 aliphatic carbocycles. The summed E-state index contributed by atoms with van der Waals surface area (Å²) in [5.74, 6) is 0.375. The fraction of sp³-hybridized carbons (Fsp3) is 0.263. The summed E-state index contributed by atoms with van der Waals surface area (Å²) in [5.41, 5.74) is 2.26. The monoisotopic (exact) mass is 326 g/mol. The molecule has 0 saturated carbocycles. The Balaban J connectivity index is 2.08.